The van der Waals surface area contributed by atoms with Crippen molar-refractivity contribution in [1.82, 2.24) is 14.8 Å². The number of hydrogen-bond donors (Lipinski definition) is 0. The molecular formula is C19H24BrIN4O4. The second kappa shape index (κ2) is 7.68. The minimum absolute atomic E-state index is 0.127. The van der Waals surface area contributed by atoms with E-state index in [0.717, 1.165) is 26.8 Å². The first-order valence-electron chi connectivity index (χ1n) is 9.27. The molecule has 1 aliphatic carbocycles. The average Bonchev–Trinajstić information content (AvgIpc) is 3.30. The molecule has 2 amide bonds. The third-order valence-electron chi connectivity index (χ3n) is 3.87. The highest BCUT2D eigenvalue weighted by Crippen LogP contribution is 2.42. The minimum Gasteiger partial charge on any atom is -0.443 e. The summed E-state index contributed by atoms with van der Waals surface area (Å²) < 4.78 is 14.3. The Morgan fingerprint density at radius 2 is 1.66 bits per heavy atom. The van der Waals surface area contributed by atoms with Crippen LogP contribution in [0.15, 0.2) is 10.8 Å². The van der Waals surface area contributed by atoms with Gasteiger partial charge in [-0.3, -0.25) is 4.68 Å². The topological polar surface area (TPSA) is 86.6 Å². The van der Waals surface area contributed by atoms with Gasteiger partial charge < -0.3 is 9.47 Å². The van der Waals surface area contributed by atoms with E-state index in [1.54, 1.807) is 47.7 Å². The molecule has 0 unspecified atom stereocenters. The molecule has 0 saturated heterocycles. The molecule has 2 aromatic heterocycles. The van der Waals surface area contributed by atoms with E-state index in [2.05, 4.69) is 48.6 Å². The zero-order valence-corrected chi connectivity index (χ0v) is 21.0. The molecule has 0 N–H and O–H groups in total. The predicted molar refractivity (Wildman–Crippen MR) is 121 cm³/mol. The number of hydrogen-bond acceptors (Lipinski definition) is 6. The molecule has 0 aliphatic heterocycles. The highest BCUT2D eigenvalue weighted by atomic mass is 127. The fourth-order valence-corrected chi connectivity index (χ4v) is 3.88. The highest BCUT2D eigenvalue weighted by molar-refractivity contribution is 14.1. The van der Waals surface area contributed by atoms with Gasteiger partial charge in [-0.2, -0.15) is 10.00 Å². The van der Waals surface area contributed by atoms with Gasteiger partial charge in [0.15, 0.2) is 5.82 Å². The number of anilines is 1. The predicted octanol–water partition coefficient (Wildman–Crippen LogP) is 5.81. The van der Waals surface area contributed by atoms with Gasteiger partial charge in [0, 0.05) is 6.20 Å². The van der Waals surface area contributed by atoms with Gasteiger partial charge in [-0.05, 0) is 92.9 Å². The summed E-state index contributed by atoms with van der Waals surface area (Å²) >= 11 is 5.66. The number of rotatable bonds is 2. The fourth-order valence-electron chi connectivity index (χ4n) is 2.69. The first-order chi connectivity index (χ1) is 13.3. The number of fused-ring (bicyclic) bond motifs is 1. The SMILES string of the molecule is CC(C)(C)OC(=O)N(C(=O)OC(C)(C)C)c1ncc(I)c2c1c(Br)nn2C1CC1. The van der Waals surface area contributed by atoms with E-state index in [4.69, 9.17) is 9.47 Å². The number of carbonyl (C=O) groups excluding carboxylic acids is 2. The summed E-state index contributed by atoms with van der Waals surface area (Å²) in [6.45, 7) is 10.4. The van der Waals surface area contributed by atoms with Gasteiger partial charge >= 0.3 is 12.2 Å². The van der Waals surface area contributed by atoms with Crippen LogP contribution in [-0.4, -0.2) is 38.2 Å². The molecule has 1 saturated carbocycles. The standard InChI is InChI=1S/C19H24BrIN4O4/c1-18(2,3)28-16(26)24(17(27)29-19(4,5)6)15-12-13(11(21)9-22-15)25(10-7-8-10)23-14(12)20/h9-10H,7-8H2,1-6H3. The van der Waals surface area contributed by atoms with Crippen LogP contribution in [0.1, 0.15) is 60.4 Å². The van der Waals surface area contributed by atoms with Gasteiger partial charge in [0.05, 0.1) is 20.5 Å². The summed E-state index contributed by atoms with van der Waals surface area (Å²) in [5.41, 5.74) is -0.772. The van der Waals surface area contributed by atoms with E-state index in [-0.39, 0.29) is 5.82 Å². The minimum atomic E-state index is -0.854. The second-order valence-corrected chi connectivity index (χ2v) is 10.8. The van der Waals surface area contributed by atoms with Gasteiger partial charge in [0.25, 0.3) is 0 Å². The molecule has 2 aromatic rings. The number of imide groups is 1. The van der Waals surface area contributed by atoms with Crippen molar-refractivity contribution in [2.75, 3.05) is 4.90 Å². The lowest BCUT2D eigenvalue weighted by Gasteiger charge is -2.28. The Labute approximate surface area is 191 Å². The summed E-state index contributed by atoms with van der Waals surface area (Å²) in [6, 6.07) is 0.309. The maximum absolute atomic E-state index is 13.0. The molecule has 0 bridgehead atoms. The molecule has 10 heteroatoms. The lowest BCUT2D eigenvalue weighted by Crippen LogP contribution is -2.44. The van der Waals surface area contributed by atoms with Gasteiger partial charge in [-0.25, -0.2) is 14.6 Å². The van der Waals surface area contributed by atoms with Gasteiger partial charge in [0.1, 0.15) is 15.8 Å². The van der Waals surface area contributed by atoms with E-state index >= 15 is 0 Å². The van der Waals surface area contributed by atoms with Crippen molar-refractivity contribution in [3.63, 3.8) is 0 Å². The largest absolute Gasteiger partial charge is 0.443 e. The average molecular weight is 579 g/mol. The van der Waals surface area contributed by atoms with E-state index in [0.29, 0.717) is 16.0 Å². The van der Waals surface area contributed by atoms with E-state index in [1.807, 2.05) is 4.68 Å². The number of aromatic nitrogens is 3. The lowest BCUT2D eigenvalue weighted by atomic mass is 10.2. The highest BCUT2D eigenvalue weighted by Gasteiger charge is 2.37. The summed E-state index contributed by atoms with van der Waals surface area (Å²) in [4.78, 5) is 31.2. The van der Waals surface area contributed by atoms with Gasteiger partial charge in [-0.1, -0.05) is 0 Å². The van der Waals surface area contributed by atoms with E-state index in [1.165, 1.54) is 0 Å². The van der Waals surface area contributed by atoms with E-state index < -0.39 is 23.4 Å². The van der Waals surface area contributed by atoms with Crippen LogP contribution in [0.25, 0.3) is 10.9 Å². The molecule has 2 heterocycles. The number of ether oxygens (including phenoxy) is 2. The van der Waals surface area contributed by atoms with Crippen LogP contribution in [0.3, 0.4) is 0 Å². The van der Waals surface area contributed by atoms with Crippen molar-refractivity contribution in [2.45, 2.75) is 71.6 Å². The third kappa shape index (κ3) is 5.01. The maximum Gasteiger partial charge on any atom is 0.425 e. The van der Waals surface area contributed by atoms with Crippen molar-refractivity contribution in [3.05, 3.63) is 14.4 Å². The molecule has 3 rings (SSSR count). The van der Waals surface area contributed by atoms with Gasteiger partial charge in [0.2, 0.25) is 0 Å². The fraction of sp³-hybridized carbons (Fsp3) is 0.579. The number of nitrogens with zero attached hydrogens (tertiary/aromatic N) is 4. The molecule has 1 fully saturated rings. The Balaban J connectivity index is 2.17. The van der Waals surface area contributed by atoms with E-state index in [9.17, 15) is 9.59 Å². The van der Waals surface area contributed by atoms with Crippen molar-refractivity contribution in [2.24, 2.45) is 0 Å². The maximum atomic E-state index is 13.0. The Bertz CT molecular complexity index is 945. The van der Waals surface area contributed by atoms with Crippen LogP contribution < -0.4 is 4.90 Å². The second-order valence-electron chi connectivity index (χ2n) is 8.92. The van der Waals surface area contributed by atoms with Crippen LogP contribution in [0.2, 0.25) is 0 Å². The normalized spacial score (nSPS) is 14.8. The Morgan fingerprint density at radius 3 is 2.10 bits per heavy atom. The molecule has 158 valence electrons. The van der Waals surface area contributed by atoms with Crippen LogP contribution in [0.5, 0.6) is 0 Å². The number of halogens is 2. The number of amides is 2. The number of pyridine rings is 1. The molecule has 0 atom stereocenters. The van der Waals surface area contributed by atoms with Crippen LogP contribution >= 0.6 is 38.5 Å². The molecule has 0 spiro atoms. The molecule has 1 aliphatic rings. The lowest BCUT2D eigenvalue weighted by molar-refractivity contribution is 0.0429. The van der Waals surface area contributed by atoms with Crippen molar-refractivity contribution >= 4 is 67.4 Å². The summed E-state index contributed by atoms with van der Waals surface area (Å²) in [6.07, 6.45) is 1.99. The Kier molecular flexibility index (Phi) is 5.89. The first kappa shape index (κ1) is 22.3. The first-order valence-corrected chi connectivity index (χ1v) is 11.1. The number of carbonyl (C=O) groups is 2. The summed E-state index contributed by atoms with van der Waals surface area (Å²) in [7, 11) is 0. The van der Waals surface area contributed by atoms with Crippen molar-refractivity contribution in [1.29, 1.82) is 0 Å². The van der Waals surface area contributed by atoms with Crippen LogP contribution in [-0.2, 0) is 9.47 Å². The smallest absolute Gasteiger partial charge is 0.425 e. The van der Waals surface area contributed by atoms with Crippen LogP contribution in [0.4, 0.5) is 15.4 Å². The molecule has 29 heavy (non-hydrogen) atoms. The molecular weight excluding hydrogens is 555 g/mol. The molecule has 8 nitrogen and oxygen atoms in total. The Morgan fingerprint density at radius 1 is 1.14 bits per heavy atom. The van der Waals surface area contributed by atoms with Crippen molar-refractivity contribution < 1.29 is 19.1 Å². The zero-order valence-electron chi connectivity index (χ0n) is 17.2. The monoisotopic (exact) mass is 578 g/mol. The summed E-state index contributed by atoms with van der Waals surface area (Å²) in [5.74, 6) is 0.127. The quantitative estimate of drug-likeness (QED) is 0.418. The third-order valence-corrected chi connectivity index (χ3v) is 5.22. The van der Waals surface area contributed by atoms with Crippen LogP contribution in [0, 0.1) is 3.57 Å². The van der Waals surface area contributed by atoms with Crippen molar-refractivity contribution in [3.8, 4) is 0 Å². The Hall–Kier alpha value is -1.43. The molecule has 0 aromatic carbocycles. The zero-order chi connectivity index (χ0) is 21.7. The molecule has 0 radical (unpaired) electrons. The van der Waals surface area contributed by atoms with Gasteiger partial charge in [-0.15, -0.1) is 0 Å². The summed E-state index contributed by atoms with van der Waals surface area (Å²) in [5, 5.41) is 5.15.